The van der Waals surface area contributed by atoms with Crippen LogP contribution in [0.25, 0.3) is 0 Å². The summed E-state index contributed by atoms with van der Waals surface area (Å²) in [6.07, 6.45) is -0.582. The lowest BCUT2D eigenvalue weighted by Crippen LogP contribution is -1.89. The molecule has 1 unspecified atom stereocenters. The van der Waals surface area contributed by atoms with Crippen molar-refractivity contribution in [2.45, 2.75) is 26.9 Å². The average Bonchev–Trinajstić information content (AvgIpc) is 2.17. The molecule has 62 valence electrons. The fourth-order valence-corrected chi connectivity index (χ4v) is 1.19. The van der Waals surface area contributed by atoms with Gasteiger partial charge in [-0.1, -0.05) is 11.6 Å². The molecule has 2 nitrogen and oxygen atoms in total. The molecule has 0 aliphatic carbocycles. The van der Waals surface area contributed by atoms with Gasteiger partial charge in [-0.25, -0.2) is 0 Å². The summed E-state index contributed by atoms with van der Waals surface area (Å²) < 4.78 is 5.22. The lowest BCUT2D eigenvalue weighted by atomic mass is 10.2. The van der Waals surface area contributed by atoms with E-state index in [0.717, 1.165) is 5.56 Å². The number of aliphatic hydroxyl groups excluding tert-OH is 1. The maximum absolute atomic E-state index is 9.19. The summed E-state index contributed by atoms with van der Waals surface area (Å²) in [7, 11) is 0. The third-order valence-electron chi connectivity index (χ3n) is 1.65. The van der Waals surface area contributed by atoms with Crippen LogP contribution in [0, 0.1) is 13.8 Å². The summed E-state index contributed by atoms with van der Waals surface area (Å²) >= 11 is 5.84. The SMILES string of the molecule is Cc1oc(C(C)O)c(C)c1Cl. The lowest BCUT2D eigenvalue weighted by Gasteiger charge is -1.99. The molecule has 1 atom stereocenters. The molecule has 1 aromatic rings. The van der Waals surface area contributed by atoms with Crippen LogP contribution in [0.4, 0.5) is 0 Å². The van der Waals surface area contributed by atoms with Crippen molar-refractivity contribution < 1.29 is 9.52 Å². The second-order valence-electron chi connectivity index (χ2n) is 2.64. The molecule has 0 amide bonds. The van der Waals surface area contributed by atoms with Crippen LogP contribution in [0.5, 0.6) is 0 Å². The maximum atomic E-state index is 9.19. The Kier molecular flexibility index (Phi) is 2.25. The smallest absolute Gasteiger partial charge is 0.136 e. The van der Waals surface area contributed by atoms with Crippen molar-refractivity contribution in [2.75, 3.05) is 0 Å². The Balaban J connectivity index is 3.19. The van der Waals surface area contributed by atoms with Crippen LogP contribution in [0.15, 0.2) is 4.42 Å². The van der Waals surface area contributed by atoms with E-state index < -0.39 is 6.10 Å². The zero-order chi connectivity index (χ0) is 8.59. The number of aliphatic hydroxyl groups is 1. The number of hydrogen-bond acceptors (Lipinski definition) is 2. The van der Waals surface area contributed by atoms with Crippen molar-refractivity contribution in [1.29, 1.82) is 0 Å². The molecular formula is C8H11ClO2. The van der Waals surface area contributed by atoms with Gasteiger partial charge in [-0.05, 0) is 20.8 Å². The van der Waals surface area contributed by atoms with E-state index in [1.165, 1.54) is 0 Å². The first kappa shape index (κ1) is 8.62. The Morgan fingerprint density at radius 2 is 2.00 bits per heavy atom. The summed E-state index contributed by atoms with van der Waals surface area (Å²) in [5.74, 6) is 1.23. The molecule has 0 aliphatic heterocycles. The standard InChI is InChI=1S/C8H11ClO2/c1-4-7(9)6(3)11-8(4)5(2)10/h5,10H,1-3H3. The van der Waals surface area contributed by atoms with E-state index in [4.69, 9.17) is 16.0 Å². The first-order chi connectivity index (χ1) is 5.04. The largest absolute Gasteiger partial charge is 0.462 e. The van der Waals surface area contributed by atoms with Crippen LogP contribution in [0.3, 0.4) is 0 Å². The molecule has 1 heterocycles. The first-order valence-electron chi connectivity index (χ1n) is 3.47. The van der Waals surface area contributed by atoms with Crippen LogP contribution < -0.4 is 0 Å². The van der Waals surface area contributed by atoms with Gasteiger partial charge in [0, 0.05) is 5.56 Å². The van der Waals surface area contributed by atoms with Gasteiger partial charge in [0.1, 0.15) is 17.6 Å². The Hall–Kier alpha value is -0.470. The number of halogens is 1. The van der Waals surface area contributed by atoms with Crippen LogP contribution in [-0.4, -0.2) is 5.11 Å². The Labute approximate surface area is 70.8 Å². The number of furan rings is 1. The molecule has 3 heteroatoms. The fraction of sp³-hybridized carbons (Fsp3) is 0.500. The van der Waals surface area contributed by atoms with Gasteiger partial charge in [0.2, 0.25) is 0 Å². The number of rotatable bonds is 1. The zero-order valence-electron chi connectivity index (χ0n) is 6.81. The molecule has 0 spiro atoms. The van der Waals surface area contributed by atoms with Gasteiger partial charge in [0.25, 0.3) is 0 Å². The molecule has 11 heavy (non-hydrogen) atoms. The number of hydrogen-bond donors (Lipinski definition) is 1. The zero-order valence-corrected chi connectivity index (χ0v) is 7.57. The van der Waals surface area contributed by atoms with Gasteiger partial charge in [-0.15, -0.1) is 0 Å². The molecule has 1 N–H and O–H groups in total. The van der Waals surface area contributed by atoms with E-state index in [0.29, 0.717) is 16.5 Å². The second kappa shape index (κ2) is 2.88. The molecule has 1 aromatic heterocycles. The maximum Gasteiger partial charge on any atom is 0.136 e. The van der Waals surface area contributed by atoms with Crippen molar-refractivity contribution in [3.8, 4) is 0 Å². The number of aryl methyl sites for hydroxylation is 1. The topological polar surface area (TPSA) is 33.4 Å². The molecule has 0 aliphatic rings. The van der Waals surface area contributed by atoms with Gasteiger partial charge >= 0.3 is 0 Å². The predicted octanol–water partition coefficient (Wildman–Crippen LogP) is 2.60. The molecule has 0 fully saturated rings. The van der Waals surface area contributed by atoms with Crippen LogP contribution in [0.2, 0.25) is 5.02 Å². The van der Waals surface area contributed by atoms with Gasteiger partial charge in [0.05, 0.1) is 5.02 Å². The third-order valence-corrected chi connectivity index (χ3v) is 2.20. The first-order valence-corrected chi connectivity index (χ1v) is 3.85. The van der Waals surface area contributed by atoms with E-state index in [1.807, 2.05) is 6.92 Å². The molecular weight excluding hydrogens is 164 g/mol. The highest BCUT2D eigenvalue weighted by Gasteiger charge is 2.15. The third kappa shape index (κ3) is 1.42. The van der Waals surface area contributed by atoms with Gasteiger partial charge in [0.15, 0.2) is 0 Å². The van der Waals surface area contributed by atoms with Gasteiger partial charge in [-0.2, -0.15) is 0 Å². The Morgan fingerprint density at radius 1 is 1.45 bits per heavy atom. The summed E-state index contributed by atoms with van der Waals surface area (Å²) in [4.78, 5) is 0. The molecule has 0 saturated carbocycles. The summed E-state index contributed by atoms with van der Waals surface area (Å²) in [5, 5.41) is 9.80. The van der Waals surface area contributed by atoms with Crippen molar-refractivity contribution in [2.24, 2.45) is 0 Å². The molecule has 1 rings (SSSR count). The average molecular weight is 175 g/mol. The van der Waals surface area contributed by atoms with Crippen LogP contribution in [-0.2, 0) is 0 Å². The van der Waals surface area contributed by atoms with Crippen LogP contribution in [0.1, 0.15) is 30.1 Å². The highest BCUT2D eigenvalue weighted by Crippen LogP contribution is 2.29. The second-order valence-corrected chi connectivity index (χ2v) is 3.02. The monoisotopic (exact) mass is 174 g/mol. The van der Waals surface area contributed by atoms with Crippen LogP contribution >= 0.6 is 11.6 Å². The molecule has 0 bridgehead atoms. The van der Waals surface area contributed by atoms with E-state index in [2.05, 4.69) is 0 Å². The molecule has 0 radical (unpaired) electrons. The normalized spacial score (nSPS) is 13.5. The minimum atomic E-state index is -0.582. The van der Waals surface area contributed by atoms with E-state index in [9.17, 15) is 5.11 Å². The van der Waals surface area contributed by atoms with E-state index in [-0.39, 0.29) is 0 Å². The highest BCUT2D eigenvalue weighted by atomic mass is 35.5. The highest BCUT2D eigenvalue weighted by molar-refractivity contribution is 6.32. The van der Waals surface area contributed by atoms with E-state index >= 15 is 0 Å². The molecule has 0 saturated heterocycles. The Bertz CT molecular complexity index is 263. The van der Waals surface area contributed by atoms with Gasteiger partial charge in [-0.3, -0.25) is 0 Å². The van der Waals surface area contributed by atoms with Crippen molar-refractivity contribution in [3.05, 3.63) is 22.1 Å². The predicted molar refractivity (Wildman–Crippen MR) is 43.8 cm³/mol. The van der Waals surface area contributed by atoms with Gasteiger partial charge < -0.3 is 9.52 Å². The van der Waals surface area contributed by atoms with Crippen molar-refractivity contribution in [1.82, 2.24) is 0 Å². The summed E-state index contributed by atoms with van der Waals surface area (Å²) in [6.45, 7) is 5.27. The summed E-state index contributed by atoms with van der Waals surface area (Å²) in [5.41, 5.74) is 0.833. The molecule has 0 aromatic carbocycles. The van der Waals surface area contributed by atoms with Crippen molar-refractivity contribution in [3.63, 3.8) is 0 Å². The fourth-order valence-electron chi connectivity index (χ4n) is 1.06. The summed E-state index contributed by atoms with van der Waals surface area (Å²) in [6, 6.07) is 0. The lowest BCUT2D eigenvalue weighted by molar-refractivity contribution is 0.167. The van der Waals surface area contributed by atoms with E-state index in [1.54, 1.807) is 13.8 Å². The minimum absolute atomic E-state index is 0.563. The minimum Gasteiger partial charge on any atom is -0.462 e. The Morgan fingerprint density at radius 3 is 2.18 bits per heavy atom. The van der Waals surface area contributed by atoms with Crippen molar-refractivity contribution >= 4 is 11.6 Å². The quantitative estimate of drug-likeness (QED) is 0.710.